The van der Waals surface area contributed by atoms with Crippen LogP contribution in [0.2, 0.25) is 0 Å². The Morgan fingerprint density at radius 1 is 1.15 bits per heavy atom. The van der Waals surface area contributed by atoms with Crippen LogP contribution in [0.25, 0.3) is 0 Å². The molecule has 2 aromatic carbocycles. The van der Waals surface area contributed by atoms with Crippen LogP contribution in [-0.2, 0) is 6.54 Å². The van der Waals surface area contributed by atoms with Crippen molar-refractivity contribution in [1.82, 2.24) is 9.78 Å². The summed E-state index contributed by atoms with van der Waals surface area (Å²) >= 11 is 8.83. The molecule has 0 aliphatic heterocycles. The van der Waals surface area contributed by atoms with Crippen molar-refractivity contribution in [2.75, 3.05) is 17.7 Å². The van der Waals surface area contributed by atoms with Gasteiger partial charge < -0.3 is 15.4 Å². The van der Waals surface area contributed by atoms with E-state index in [1.165, 1.54) is 5.56 Å². The number of aromatic nitrogens is 2. The quantitative estimate of drug-likeness (QED) is 0.568. The highest BCUT2D eigenvalue weighted by molar-refractivity contribution is 9.10. The lowest BCUT2D eigenvalue weighted by Crippen LogP contribution is -2.20. The number of benzene rings is 2. The zero-order chi connectivity index (χ0) is 18.5. The Labute approximate surface area is 166 Å². The minimum atomic E-state index is 0.461. The molecule has 0 unspecified atom stereocenters. The number of rotatable bonds is 5. The van der Waals surface area contributed by atoms with E-state index >= 15 is 0 Å². The molecule has 26 heavy (non-hydrogen) atoms. The van der Waals surface area contributed by atoms with Crippen LogP contribution in [0.3, 0.4) is 0 Å². The molecule has 0 aliphatic carbocycles. The first-order valence-electron chi connectivity index (χ1n) is 8.04. The lowest BCUT2D eigenvalue weighted by Gasteiger charge is -2.13. The number of halogens is 1. The summed E-state index contributed by atoms with van der Waals surface area (Å²) in [6, 6.07) is 15.9. The molecular weight excluding hydrogens is 412 g/mol. The number of nitrogens with one attached hydrogen (secondary N) is 2. The van der Waals surface area contributed by atoms with Crippen LogP contribution >= 0.6 is 28.1 Å². The standard InChI is InChI=1S/C19H19BrN4OS/c1-13-3-8-17(25-2)16(11-13)21-19(26)22-18-9-10-24(23-18)12-14-4-6-15(20)7-5-14/h3-11H,12H2,1-2H3,(H2,21,22,23,26). The van der Waals surface area contributed by atoms with Gasteiger partial charge in [0, 0.05) is 16.7 Å². The molecule has 0 saturated heterocycles. The summed E-state index contributed by atoms with van der Waals surface area (Å²) in [5.41, 5.74) is 3.11. The topological polar surface area (TPSA) is 51.1 Å². The smallest absolute Gasteiger partial charge is 0.176 e. The Morgan fingerprint density at radius 2 is 1.92 bits per heavy atom. The number of hydrogen-bond acceptors (Lipinski definition) is 3. The number of aryl methyl sites for hydroxylation is 1. The van der Waals surface area contributed by atoms with Gasteiger partial charge in [-0.1, -0.05) is 34.1 Å². The number of nitrogens with zero attached hydrogens (tertiary/aromatic N) is 2. The molecule has 7 heteroatoms. The lowest BCUT2D eigenvalue weighted by atomic mass is 10.2. The number of ether oxygens (including phenoxy) is 1. The van der Waals surface area contributed by atoms with E-state index in [2.05, 4.69) is 43.8 Å². The Bertz CT molecular complexity index is 908. The fourth-order valence-electron chi connectivity index (χ4n) is 2.48. The average molecular weight is 431 g/mol. The molecule has 0 spiro atoms. The number of methoxy groups -OCH3 is 1. The van der Waals surface area contributed by atoms with Gasteiger partial charge in [0.25, 0.3) is 0 Å². The van der Waals surface area contributed by atoms with Gasteiger partial charge in [-0.2, -0.15) is 5.10 Å². The van der Waals surface area contributed by atoms with Gasteiger partial charge >= 0.3 is 0 Å². The maximum Gasteiger partial charge on any atom is 0.176 e. The third kappa shape index (κ3) is 4.83. The summed E-state index contributed by atoms with van der Waals surface area (Å²) < 4.78 is 8.28. The molecule has 5 nitrogen and oxygen atoms in total. The summed E-state index contributed by atoms with van der Waals surface area (Å²) in [6.07, 6.45) is 1.92. The van der Waals surface area contributed by atoms with Crippen LogP contribution in [0.15, 0.2) is 59.2 Å². The highest BCUT2D eigenvalue weighted by Gasteiger charge is 2.07. The Kier molecular flexibility index (Phi) is 5.90. The van der Waals surface area contributed by atoms with Gasteiger partial charge in [-0.05, 0) is 54.5 Å². The fraction of sp³-hybridized carbons (Fsp3) is 0.158. The largest absolute Gasteiger partial charge is 0.495 e. The van der Waals surface area contributed by atoms with Gasteiger partial charge in [-0.15, -0.1) is 0 Å². The van der Waals surface area contributed by atoms with Crippen molar-refractivity contribution < 1.29 is 4.74 Å². The summed E-state index contributed by atoms with van der Waals surface area (Å²) in [7, 11) is 1.64. The molecule has 3 aromatic rings. The van der Waals surface area contributed by atoms with Gasteiger partial charge in [0.1, 0.15) is 5.75 Å². The van der Waals surface area contributed by atoms with Crippen LogP contribution < -0.4 is 15.4 Å². The first-order valence-corrected chi connectivity index (χ1v) is 9.24. The van der Waals surface area contributed by atoms with Crippen molar-refractivity contribution in [3.63, 3.8) is 0 Å². The maximum atomic E-state index is 5.39. The normalized spacial score (nSPS) is 10.4. The maximum absolute atomic E-state index is 5.39. The summed E-state index contributed by atoms with van der Waals surface area (Å²) in [5, 5.41) is 11.2. The van der Waals surface area contributed by atoms with E-state index in [9.17, 15) is 0 Å². The van der Waals surface area contributed by atoms with Crippen molar-refractivity contribution in [1.29, 1.82) is 0 Å². The van der Waals surface area contributed by atoms with Crippen molar-refractivity contribution in [2.24, 2.45) is 0 Å². The highest BCUT2D eigenvalue weighted by Crippen LogP contribution is 2.25. The van der Waals surface area contributed by atoms with E-state index in [1.807, 2.05) is 54.2 Å². The van der Waals surface area contributed by atoms with Crippen LogP contribution in [0.5, 0.6) is 5.75 Å². The van der Waals surface area contributed by atoms with E-state index in [0.29, 0.717) is 17.5 Å². The fourth-order valence-corrected chi connectivity index (χ4v) is 2.96. The summed E-state index contributed by atoms with van der Waals surface area (Å²) in [4.78, 5) is 0. The van der Waals surface area contributed by atoms with Gasteiger partial charge in [-0.3, -0.25) is 4.68 Å². The van der Waals surface area contributed by atoms with Crippen molar-refractivity contribution >= 4 is 44.8 Å². The zero-order valence-electron chi connectivity index (χ0n) is 14.5. The number of anilines is 2. The molecule has 0 radical (unpaired) electrons. The molecule has 2 N–H and O–H groups in total. The second kappa shape index (κ2) is 8.33. The highest BCUT2D eigenvalue weighted by atomic mass is 79.9. The molecule has 0 bridgehead atoms. The molecule has 0 fully saturated rings. The predicted molar refractivity (Wildman–Crippen MR) is 113 cm³/mol. The Morgan fingerprint density at radius 3 is 2.65 bits per heavy atom. The minimum absolute atomic E-state index is 0.461. The third-order valence-electron chi connectivity index (χ3n) is 3.74. The van der Waals surface area contributed by atoms with Crippen molar-refractivity contribution in [3.05, 3.63) is 70.3 Å². The molecular formula is C19H19BrN4OS. The SMILES string of the molecule is COc1ccc(C)cc1NC(=S)Nc1ccn(Cc2ccc(Br)cc2)n1. The first-order chi connectivity index (χ1) is 12.5. The first kappa shape index (κ1) is 18.4. The number of hydrogen-bond donors (Lipinski definition) is 2. The molecule has 1 aromatic heterocycles. The van der Waals surface area contributed by atoms with Crippen molar-refractivity contribution in [3.8, 4) is 5.75 Å². The summed E-state index contributed by atoms with van der Waals surface area (Å²) in [5.74, 6) is 1.42. The molecule has 1 heterocycles. The van der Waals surface area contributed by atoms with Crippen molar-refractivity contribution in [2.45, 2.75) is 13.5 Å². The van der Waals surface area contributed by atoms with E-state index in [4.69, 9.17) is 17.0 Å². The van der Waals surface area contributed by atoms with Gasteiger partial charge in [-0.25, -0.2) is 0 Å². The lowest BCUT2D eigenvalue weighted by molar-refractivity contribution is 0.417. The second-order valence-corrected chi connectivity index (χ2v) is 7.13. The third-order valence-corrected chi connectivity index (χ3v) is 4.48. The second-order valence-electron chi connectivity index (χ2n) is 5.81. The van der Waals surface area contributed by atoms with Gasteiger partial charge in [0.05, 0.1) is 19.3 Å². The van der Waals surface area contributed by atoms with Gasteiger partial charge in [0.15, 0.2) is 10.9 Å². The van der Waals surface area contributed by atoms with E-state index < -0.39 is 0 Å². The predicted octanol–water partition coefficient (Wildman–Crippen LogP) is 4.82. The molecule has 134 valence electrons. The summed E-state index contributed by atoms with van der Waals surface area (Å²) in [6.45, 7) is 2.71. The average Bonchev–Trinajstić information content (AvgIpc) is 3.04. The molecule has 0 saturated carbocycles. The van der Waals surface area contributed by atoms with Crippen LogP contribution in [0.4, 0.5) is 11.5 Å². The monoisotopic (exact) mass is 430 g/mol. The number of thiocarbonyl (C=S) groups is 1. The Balaban J connectivity index is 1.62. The van der Waals surface area contributed by atoms with Crippen LogP contribution in [0, 0.1) is 6.92 Å². The van der Waals surface area contributed by atoms with E-state index in [0.717, 1.165) is 21.5 Å². The van der Waals surface area contributed by atoms with Gasteiger partial charge in [0.2, 0.25) is 0 Å². The molecule has 0 atom stereocenters. The molecule has 0 aliphatic rings. The van der Waals surface area contributed by atoms with Crippen LogP contribution in [0.1, 0.15) is 11.1 Å². The van der Waals surface area contributed by atoms with Crippen LogP contribution in [-0.4, -0.2) is 22.0 Å². The Hall–Kier alpha value is -2.38. The minimum Gasteiger partial charge on any atom is -0.495 e. The molecule has 3 rings (SSSR count). The zero-order valence-corrected chi connectivity index (χ0v) is 16.9. The van der Waals surface area contributed by atoms with E-state index in [1.54, 1.807) is 7.11 Å². The van der Waals surface area contributed by atoms with E-state index in [-0.39, 0.29) is 0 Å². The molecule has 0 amide bonds.